The van der Waals surface area contributed by atoms with Gasteiger partial charge in [-0.05, 0) is 72.4 Å². The van der Waals surface area contributed by atoms with Crippen molar-refractivity contribution < 1.29 is 18.3 Å². The molecule has 0 saturated heterocycles. The molecular formula is C24H21FN4O3. The quantitative estimate of drug-likeness (QED) is 0.469. The maximum absolute atomic E-state index is 13.3. The molecule has 7 nitrogen and oxygen atoms in total. The number of rotatable bonds is 7. The first-order valence-corrected chi connectivity index (χ1v) is 10.4. The Labute approximate surface area is 183 Å². The highest BCUT2D eigenvalue weighted by molar-refractivity contribution is 6.01. The summed E-state index contributed by atoms with van der Waals surface area (Å²) >= 11 is 0. The maximum Gasteiger partial charge on any atom is 0.293 e. The van der Waals surface area contributed by atoms with E-state index in [1.807, 2.05) is 6.07 Å². The molecule has 4 aromatic rings. The van der Waals surface area contributed by atoms with Gasteiger partial charge in [0.1, 0.15) is 30.3 Å². The van der Waals surface area contributed by atoms with E-state index >= 15 is 0 Å². The number of carbonyl (C=O) groups excluding carboxylic acids is 1. The van der Waals surface area contributed by atoms with Crippen LogP contribution in [-0.4, -0.2) is 20.7 Å². The van der Waals surface area contributed by atoms with Crippen LogP contribution < -0.4 is 10.1 Å². The monoisotopic (exact) mass is 432 g/mol. The van der Waals surface area contributed by atoms with Gasteiger partial charge >= 0.3 is 0 Å². The van der Waals surface area contributed by atoms with E-state index in [1.165, 1.54) is 40.7 Å². The first kappa shape index (κ1) is 20.0. The lowest BCUT2D eigenvalue weighted by Crippen LogP contribution is -2.12. The Balaban J connectivity index is 1.17. The van der Waals surface area contributed by atoms with Crippen LogP contribution in [0.5, 0.6) is 5.75 Å². The van der Waals surface area contributed by atoms with E-state index in [9.17, 15) is 9.18 Å². The van der Waals surface area contributed by atoms with Crippen LogP contribution in [0.4, 0.5) is 10.3 Å². The topological polar surface area (TPSA) is 82.2 Å². The lowest BCUT2D eigenvalue weighted by Gasteiger charge is -2.06. The number of nitrogens with one attached hydrogen (secondary N) is 1. The molecule has 1 amide bonds. The molecule has 8 heteroatoms. The fourth-order valence-electron chi connectivity index (χ4n) is 3.78. The number of furan rings is 1. The van der Waals surface area contributed by atoms with E-state index in [1.54, 1.807) is 24.3 Å². The number of fused-ring (bicyclic) bond motifs is 1. The number of carbonyl (C=O) groups is 1. The summed E-state index contributed by atoms with van der Waals surface area (Å²) in [5.74, 6) is 0.835. The van der Waals surface area contributed by atoms with Gasteiger partial charge < -0.3 is 9.15 Å². The van der Waals surface area contributed by atoms with Crippen molar-refractivity contribution in [1.29, 1.82) is 0 Å². The average molecular weight is 432 g/mol. The number of hydrogen-bond acceptors (Lipinski definition) is 5. The van der Waals surface area contributed by atoms with E-state index in [0.29, 0.717) is 12.3 Å². The van der Waals surface area contributed by atoms with Crippen molar-refractivity contribution >= 4 is 11.9 Å². The second kappa shape index (κ2) is 8.66. The molecule has 0 aliphatic heterocycles. The Kier molecular flexibility index (Phi) is 5.41. The number of ether oxygens (including phenoxy) is 1. The molecule has 0 spiro atoms. The first-order valence-electron chi connectivity index (χ1n) is 10.4. The van der Waals surface area contributed by atoms with Gasteiger partial charge in [-0.3, -0.25) is 10.1 Å². The zero-order valence-corrected chi connectivity index (χ0v) is 17.3. The highest BCUT2D eigenvalue weighted by atomic mass is 19.1. The fraction of sp³-hybridized carbons (Fsp3) is 0.208. The number of benzene rings is 2. The lowest BCUT2D eigenvalue weighted by molar-refractivity contribution is 0.0991. The summed E-state index contributed by atoms with van der Waals surface area (Å²) in [6, 6.07) is 15.7. The van der Waals surface area contributed by atoms with Crippen LogP contribution in [0.3, 0.4) is 0 Å². The largest absolute Gasteiger partial charge is 0.486 e. The average Bonchev–Trinajstić information content (AvgIpc) is 3.53. The molecule has 2 aromatic heterocycles. The van der Waals surface area contributed by atoms with Crippen LogP contribution in [-0.2, 0) is 26.0 Å². The van der Waals surface area contributed by atoms with Crippen molar-refractivity contribution in [1.82, 2.24) is 14.8 Å². The van der Waals surface area contributed by atoms with E-state index in [0.717, 1.165) is 24.2 Å². The van der Waals surface area contributed by atoms with E-state index in [4.69, 9.17) is 9.15 Å². The van der Waals surface area contributed by atoms with Crippen LogP contribution in [0.25, 0.3) is 0 Å². The molecule has 1 N–H and O–H groups in total. The molecule has 5 rings (SSSR count). The molecular weight excluding hydrogens is 411 g/mol. The standard InChI is InChI=1S/C24H21FN4O3/c25-19-6-1-3-16(11-19)13-29-15-26-24(28-29)27-23(30)22-10-9-21(32-22)14-31-20-8-7-17-4-2-5-18(17)12-20/h1,3,6-12,15H,2,4-5,13-14H2,(H,27,28,30). The van der Waals surface area contributed by atoms with Gasteiger partial charge in [-0.2, -0.15) is 0 Å². The SMILES string of the molecule is O=C(Nc1ncn(Cc2cccc(F)c2)n1)c1ccc(COc2ccc3c(c2)CCC3)o1. The molecule has 0 saturated carbocycles. The Morgan fingerprint density at radius 3 is 2.94 bits per heavy atom. The van der Waals surface area contributed by atoms with Crippen molar-refractivity contribution in [2.75, 3.05) is 5.32 Å². The Morgan fingerprint density at radius 1 is 1.12 bits per heavy atom. The zero-order valence-electron chi connectivity index (χ0n) is 17.3. The van der Waals surface area contributed by atoms with Crippen LogP contribution in [0.2, 0.25) is 0 Å². The molecule has 2 heterocycles. The van der Waals surface area contributed by atoms with Gasteiger partial charge in [-0.15, -0.1) is 5.10 Å². The van der Waals surface area contributed by atoms with E-state index < -0.39 is 5.91 Å². The molecule has 0 atom stereocenters. The molecule has 0 radical (unpaired) electrons. The Morgan fingerprint density at radius 2 is 2.03 bits per heavy atom. The molecule has 0 bridgehead atoms. The highest BCUT2D eigenvalue weighted by Gasteiger charge is 2.15. The lowest BCUT2D eigenvalue weighted by atomic mass is 10.1. The molecule has 0 fully saturated rings. The van der Waals surface area contributed by atoms with Gasteiger partial charge in [0.15, 0.2) is 5.76 Å². The summed E-state index contributed by atoms with van der Waals surface area (Å²) in [5, 5.41) is 6.80. The summed E-state index contributed by atoms with van der Waals surface area (Å²) in [4.78, 5) is 16.5. The smallest absolute Gasteiger partial charge is 0.293 e. The third kappa shape index (κ3) is 4.54. The molecule has 0 unspecified atom stereocenters. The van der Waals surface area contributed by atoms with Crippen molar-refractivity contribution in [3.8, 4) is 5.75 Å². The fourth-order valence-corrected chi connectivity index (χ4v) is 3.78. The number of halogens is 1. The highest BCUT2D eigenvalue weighted by Crippen LogP contribution is 2.26. The second-order valence-electron chi connectivity index (χ2n) is 7.69. The molecule has 1 aliphatic carbocycles. The zero-order chi connectivity index (χ0) is 21.9. The van der Waals surface area contributed by atoms with Gasteiger partial charge in [-0.25, -0.2) is 14.1 Å². The predicted octanol–water partition coefficient (Wildman–Crippen LogP) is 4.38. The third-order valence-corrected chi connectivity index (χ3v) is 5.33. The normalized spacial score (nSPS) is 12.5. The number of aromatic nitrogens is 3. The van der Waals surface area contributed by atoms with Crippen LogP contribution >= 0.6 is 0 Å². The van der Waals surface area contributed by atoms with Crippen LogP contribution in [0.1, 0.15) is 39.4 Å². The minimum atomic E-state index is -0.461. The van der Waals surface area contributed by atoms with Gasteiger partial charge in [0.25, 0.3) is 5.91 Å². The number of anilines is 1. The van der Waals surface area contributed by atoms with Crippen molar-refractivity contribution in [2.24, 2.45) is 0 Å². The van der Waals surface area contributed by atoms with Crippen molar-refractivity contribution in [2.45, 2.75) is 32.4 Å². The summed E-state index contributed by atoms with van der Waals surface area (Å²) in [5.41, 5.74) is 3.47. The first-order chi connectivity index (χ1) is 15.6. The summed E-state index contributed by atoms with van der Waals surface area (Å²) in [7, 11) is 0. The molecule has 1 aliphatic rings. The third-order valence-electron chi connectivity index (χ3n) is 5.33. The minimum absolute atomic E-state index is 0.138. The summed E-state index contributed by atoms with van der Waals surface area (Å²) in [6.07, 6.45) is 4.87. The van der Waals surface area contributed by atoms with Gasteiger partial charge in [-0.1, -0.05) is 18.2 Å². The predicted molar refractivity (Wildman–Crippen MR) is 115 cm³/mol. The second-order valence-corrected chi connectivity index (χ2v) is 7.69. The summed E-state index contributed by atoms with van der Waals surface area (Å²) < 4.78 is 26.3. The molecule has 2 aromatic carbocycles. The van der Waals surface area contributed by atoms with Gasteiger partial charge in [0.05, 0.1) is 6.54 Å². The number of hydrogen-bond donors (Lipinski definition) is 1. The van der Waals surface area contributed by atoms with Crippen LogP contribution in [0, 0.1) is 5.82 Å². The number of amides is 1. The molecule has 162 valence electrons. The Hall–Kier alpha value is -3.94. The van der Waals surface area contributed by atoms with Crippen LogP contribution in [0.15, 0.2) is 65.3 Å². The minimum Gasteiger partial charge on any atom is -0.486 e. The van der Waals surface area contributed by atoms with Gasteiger partial charge in [0.2, 0.25) is 5.95 Å². The summed E-state index contributed by atoms with van der Waals surface area (Å²) in [6.45, 7) is 0.568. The van der Waals surface area contributed by atoms with Gasteiger partial charge in [0, 0.05) is 0 Å². The Bertz CT molecular complexity index is 1260. The van der Waals surface area contributed by atoms with E-state index in [2.05, 4.69) is 27.5 Å². The van der Waals surface area contributed by atoms with Crippen molar-refractivity contribution in [3.05, 3.63) is 95.0 Å². The number of nitrogens with zero attached hydrogens (tertiary/aromatic N) is 3. The van der Waals surface area contributed by atoms with E-state index in [-0.39, 0.29) is 24.1 Å². The maximum atomic E-state index is 13.3. The number of aryl methyl sites for hydroxylation is 2. The van der Waals surface area contributed by atoms with Crippen molar-refractivity contribution in [3.63, 3.8) is 0 Å². The molecule has 32 heavy (non-hydrogen) atoms.